The first kappa shape index (κ1) is 12.0. The van der Waals surface area contributed by atoms with Crippen LogP contribution in [0.3, 0.4) is 0 Å². The first-order valence-electron chi connectivity index (χ1n) is 4.94. The Morgan fingerprint density at radius 3 is 2.57 bits per heavy atom. The fraction of sp³-hybridized carbons (Fsp3) is 0.900. The van der Waals surface area contributed by atoms with E-state index in [1.54, 1.807) is 0 Å². The van der Waals surface area contributed by atoms with E-state index >= 15 is 0 Å². The van der Waals surface area contributed by atoms with E-state index in [1.165, 1.54) is 0 Å². The van der Waals surface area contributed by atoms with Crippen molar-refractivity contribution in [3.63, 3.8) is 0 Å². The number of rotatable bonds is 1. The Labute approximate surface area is 93.9 Å². The molecule has 2 atom stereocenters. The molecular weight excluding hydrogens is 246 g/mol. The lowest BCUT2D eigenvalue weighted by atomic mass is 10.1. The number of alkyl halides is 1. The van der Waals surface area contributed by atoms with Gasteiger partial charge >= 0.3 is 0 Å². The number of halogens is 1. The number of morpholine rings is 1. The van der Waals surface area contributed by atoms with E-state index in [0.29, 0.717) is 13.2 Å². The number of carbonyl (C=O) groups excluding carboxylic acids is 1. The highest BCUT2D eigenvalue weighted by atomic mass is 79.9. The lowest BCUT2D eigenvalue weighted by Crippen LogP contribution is -2.54. The van der Waals surface area contributed by atoms with Crippen molar-refractivity contribution in [3.05, 3.63) is 0 Å². The smallest absolute Gasteiger partial charge is 0.239 e. The third-order valence-electron chi connectivity index (χ3n) is 2.38. The molecule has 0 bridgehead atoms. The predicted octanol–water partition coefficient (Wildman–Crippen LogP) is 1.80. The van der Waals surface area contributed by atoms with E-state index in [9.17, 15) is 4.79 Å². The summed E-state index contributed by atoms with van der Waals surface area (Å²) in [5.74, 6) is 0.139. The zero-order valence-corrected chi connectivity index (χ0v) is 10.8. The molecule has 1 aliphatic heterocycles. The highest BCUT2D eigenvalue weighted by molar-refractivity contribution is 9.10. The summed E-state index contributed by atoms with van der Waals surface area (Å²) >= 11 is 3.39. The van der Waals surface area contributed by atoms with E-state index in [2.05, 4.69) is 15.9 Å². The lowest BCUT2D eigenvalue weighted by molar-refractivity contribution is -0.144. The average molecular weight is 264 g/mol. The summed E-state index contributed by atoms with van der Waals surface area (Å²) in [5, 5.41) is 0. The van der Waals surface area contributed by atoms with Gasteiger partial charge in [-0.2, -0.15) is 0 Å². The Kier molecular flexibility index (Phi) is 3.58. The second-order valence-corrected chi connectivity index (χ2v) is 6.41. The fourth-order valence-corrected chi connectivity index (χ4v) is 1.76. The third-order valence-corrected chi connectivity index (χ3v) is 2.72. The molecule has 1 heterocycles. The van der Waals surface area contributed by atoms with E-state index in [0.717, 1.165) is 0 Å². The maximum Gasteiger partial charge on any atom is 0.239 e. The molecule has 0 aromatic carbocycles. The molecule has 0 aromatic rings. The number of nitrogens with zero attached hydrogens (tertiary/aromatic N) is 1. The highest BCUT2D eigenvalue weighted by Gasteiger charge is 2.35. The van der Waals surface area contributed by atoms with Crippen LogP contribution in [-0.2, 0) is 9.53 Å². The molecule has 3 nitrogen and oxygen atoms in total. The summed E-state index contributed by atoms with van der Waals surface area (Å²) in [5.41, 5.74) is 0. The van der Waals surface area contributed by atoms with E-state index in [-0.39, 0.29) is 18.1 Å². The minimum absolute atomic E-state index is 0.139. The first-order valence-corrected chi connectivity index (χ1v) is 5.73. The van der Waals surface area contributed by atoms with Gasteiger partial charge in [0.15, 0.2) is 0 Å². The number of carbonyl (C=O) groups is 1. The van der Waals surface area contributed by atoms with Crippen molar-refractivity contribution in [2.45, 2.75) is 44.2 Å². The SMILES string of the molecule is CC1CN(C(=O)C(C)(C)Br)C(C)CO1. The predicted molar refractivity (Wildman–Crippen MR) is 59.6 cm³/mol. The van der Waals surface area contributed by atoms with E-state index in [4.69, 9.17) is 4.74 Å². The highest BCUT2D eigenvalue weighted by Crippen LogP contribution is 2.23. The van der Waals surface area contributed by atoms with Gasteiger partial charge in [-0.05, 0) is 27.7 Å². The molecule has 0 aliphatic carbocycles. The topological polar surface area (TPSA) is 29.5 Å². The molecule has 1 saturated heterocycles. The number of hydrogen-bond acceptors (Lipinski definition) is 2. The van der Waals surface area contributed by atoms with Crippen LogP contribution in [0.15, 0.2) is 0 Å². The molecule has 82 valence electrons. The van der Waals surface area contributed by atoms with Crippen LogP contribution in [0.2, 0.25) is 0 Å². The Morgan fingerprint density at radius 2 is 2.07 bits per heavy atom. The zero-order valence-electron chi connectivity index (χ0n) is 9.21. The molecule has 1 fully saturated rings. The van der Waals surface area contributed by atoms with Crippen LogP contribution in [-0.4, -0.2) is 40.4 Å². The van der Waals surface area contributed by atoms with Crippen molar-refractivity contribution >= 4 is 21.8 Å². The maximum absolute atomic E-state index is 12.0. The second-order valence-electron chi connectivity index (χ2n) is 4.42. The van der Waals surface area contributed by atoms with Gasteiger partial charge in [0.1, 0.15) is 0 Å². The largest absolute Gasteiger partial charge is 0.375 e. The summed E-state index contributed by atoms with van der Waals surface area (Å²) in [4.78, 5) is 13.9. The van der Waals surface area contributed by atoms with Crippen LogP contribution in [0.25, 0.3) is 0 Å². The molecule has 1 rings (SSSR count). The second kappa shape index (κ2) is 4.19. The van der Waals surface area contributed by atoms with Crippen molar-refractivity contribution < 1.29 is 9.53 Å². The summed E-state index contributed by atoms with van der Waals surface area (Å²) in [6.45, 7) is 9.09. The molecule has 4 heteroatoms. The van der Waals surface area contributed by atoms with Gasteiger partial charge in [0.2, 0.25) is 5.91 Å². The number of hydrogen-bond donors (Lipinski definition) is 0. The monoisotopic (exact) mass is 263 g/mol. The molecule has 1 aliphatic rings. The van der Waals surface area contributed by atoms with Gasteiger partial charge in [0.25, 0.3) is 0 Å². The minimum Gasteiger partial charge on any atom is -0.375 e. The Hall–Kier alpha value is -0.0900. The molecule has 2 unspecified atom stereocenters. The zero-order chi connectivity index (χ0) is 10.9. The normalized spacial score (nSPS) is 29.1. The number of ether oxygens (including phenoxy) is 1. The molecule has 0 radical (unpaired) electrons. The van der Waals surface area contributed by atoms with Gasteiger partial charge in [-0.3, -0.25) is 4.79 Å². The summed E-state index contributed by atoms with van der Waals surface area (Å²) in [6, 6.07) is 0.176. The quantitative estimate of drug-likeness (QED) is 0.676. The molecule has 1 amide bonds. The summed E-state index contributed by atoms with van der Waals surface area (Å²) in [6.07, 6.45) is 0.144. The maximum atomic E-state index is 12.0. The van der Waals surface area contributed by atoms with Gasteiger partial charge in [-0.15, -0.1) is 0 Å². The van der Waals surface area contributed by atoms with E-state index < -0.39 is 4.32 Å². The van der Waals surface area contributed by atoms with Crippen molar-refractivity contribution in [1.29, 1.82) is 0 Å². The van der Waals surface area contributed by atoms with Crippen molar-refractivity contribution in [2.24, 2.45) is 0 Å². The van der Waals surface area contributed by atoms with Crippen LogP contribution in [0.4, 0.5) is 0 Å². The van der Waals surface area contributed by atoms with Gasteiger partial charge in [0.05, 0.1) is 23.1 Å². The van der Waals surface area contributed by atoms with Gasteiger partial charge < -0.3 is 9.64 Å². The standard InChI is InChI=1S/C10H18BrNO2/c1-7-6-14-8(2)5-12(7)9(13)10(3,4)11/h7-8H,5-6H2,1-4H3. The minimum atomic E-state index is -0.474. The van der Waals surface area contributed by atoms with Crippen molar-refractivity contribution in [2.75, 3.05) is 13.2 Å². The summed E-state index contributed by atoms with van der Waals surface area (Å²) in [7, 11) is 0. The van der Waals surface area contributed by atoms with Gasteiger partial charge in [-0.25, -0.2) is 0 Å². The van der Waals surface area contributed by atoms with Crippen LogP contribution in [0.1, 0.15) is 27.7 Å². The molecule has 0 spiro atoms. The molecule has 0 saturated carbocycles. The number of amides is 1. The van der Waals surface area contributed by atoms with Gasteiger partial charge in [0, 0.05) is 6.54 Å². The van der Waals surface area contributed by atoms with E-state index in [1.807, 2.05) is 32.6 Å². The van der Waals surface area contributed by atoms with Crippen LogP contribution in [0, 0.1) is 0 Å². The Balaban J connectivity index is 2.70. The molecule has 0 N–H and O–H groups in total. The molecule has 14 heavy (non-hydrogen) atoms. The van der Waals surface area contributed by atoms with Crippen LogP contribution in [0.5, 0.6) is 0 Å². The van der Waals surface area contributed by atoms with Gasteiger partial charge in [-0.1, -0.05) is 15.9 Å². The molecular formula is C10H18BrNO2. The third kappa shape index (κ3) is 2.70. The summed E-state index contributed by atoms with van der Waals surface area (Å²) < 4.78 is 5.00. The average Bonchev–Trinajstić information content (AvgIpc) is 2.06. The van der Waals surface area contributed by atoms with Crippen molar-refractivity contribution in [3.8, 4) is 0 Å². The lowest BCUT2D eigenvalue weighted by Gasteiger charge is -2.39. The fourth-order valence-electron chi connectivity index (χ4n) is 1.53. The first-order chi connectivity index (χ1) is 6.32. The Morgan fingerprint density at radius 1 is 1.50 bits per heavy atom. The van der Waals surface area contributed by atoms with Crippen LogP contribution >= 0.6 is 15.9 Å². The van der Waals surface area contributed by atoms with Crippen LogP contribution < -0.4 is 0 Å². The molecule has 0 aromatic heterocycles. The van der Waals surface area contributed by atoms with Crippen molar-refractivity contribution in [1.82, 2.24) is 4.90 Å². The Bertz CT molecular complexity index is 225.